The molecule has 0 aliphatic rings. The van der Waals surface area contributed by atoms with Gasteiger partial charge in [-0.15, -0.1) is 0 Å². The van der Waals surface area contributed by atoms with Crippen LogP contribution in [0.15, 0.2) is 23.0 Å². The number of benzene rings is 1. The summed E-state index contributed by atoms with van der Waals surface area (Å²) in [7, 11) is 0. The molecule has 1 aromatic heterocycles. The van der Waals surface area contributed by atoms with Crippen LogP contribution in [0.4, 0.5) is 4.39 Å². The quantitative estimate of drug-likeness (QED) is 0.702. The molecule has 0 spiro atoms. The zero-order valence-electron chi connectivity index (χ0n) is 12.9. The number of hydrogen-bond acceptors (Lipinski definition) is 3. The Labute approximate surface area is 137 Å². The van der Waals surface area contributed by atoms with Crippen molar-refractivity contribution in [3.05, 3.63) is 50.9 Å². The van der Waals surface area contributed by atoms with Crippen LogP contribution in [0.1, 0.15) is 31.7 Å². The van der Waals surface area contributed by atoms with Gasteiger partial charge in [0.2, 0.25) is 5.91 Å². The monoisotopic (exact) mass is 340 g/mol. The van der Waals surface area contributed by atoms with Crippen molar-refractivity contribution < 1.29 is 9.18 Å². The number of rotatable bonds is 6. The lowest BCUT2D eigenvalue weighted by Crippen LogP contribution is -2.41. The minimum absolute atomic E-state index is 0.283. The zero-order chi connectivity index (χ0) is 17.0. The Morgan fingerprint density at radius 2 is 2.17 bits per heavy atom. The first-order valence-corrected chi connectivity index (χ1v) is 7.56. The predicted octanol–water partition coefficient (Wildman–Crippen LogP) is 1.92. The first-order chi connectivity index (χ1) is 10.8. The second-order valence-corrected chi connectivity index (χ2v) is 6.17. The third kappa shape index (κ3) is 4.19. The van der Waals surface area contributed by atoms with Gasteiger partial charge in [0.15, 0.2) is 0 Å². The van der Waals surface area contributed by atoms with E-state index in [1.54, 1.807) is 19.9 Å². The number of nitrogens with one attached hydrogen (secondary N) is 3. The van der Waals surface area contributed by atoms with E-state index in [1.165, 1.54) is 12.1 Å². The van der Waals surface area contributed by atoms with Crippen molar-refractivity contribution in [3.8, 4) is 0 Å². The molecule has 0 aliphatic heterocycles. The maximum Gasteiger partial charge on any atom is 0.340 e. The SMILES string of the molecule is CC(C)(C(=O)NCCCc1n[nH]c(=O)[nH]1)c1ccc(Cl)cc1F. The van der Waals surface area contributed by atoms with Crippen molar-refractivity contribution in [2.24, 2.45) is 0 Å². The molecule has 0 atom stereocenters. The van der Waals surface area contributed by atoms with E-state index >= 15 is 0 Å². The van der Waals surface area contributed by atoms with Crippen LogP contribution < -0.4 is 11.0 Å². The van der Waals surface area contributed by atoms with E-state index in [-0.39, 0.29) is 22.2 Å². The summed E-state index contributed by atoms with van der Waals surface area (Å²) in [6.07, 6.45) is 1.13. The van der Waals surface area contributed by atoms with Crippen LogP contribution >= 0.6 is 11.6 Å². The number of H-pyrrole nitrogens is 2. The minimum Gasteiger partial charge on any atom is -0.355 e. The average molecular weight is 341 g/mol. The van der Waals surface area contributed by atoms with Crippen molar-refractivity contribution in [1.29, 1.82) is 0 Å². The number of nitrogens with zero attached hydrogens (tertiary/aromatic N) is 1. The lowest BCUT2D eigenvalue weighted by atomic mass is 9.83. The topological polar surface area (TPSA) is 90.6 Å². The molecule has 0 unspecified atom stereocenters. The second-order valence-electron chi connectivity index (χ2n) is 5.73. The normalized spacial score (nSPS) is 11.5. The van der Waals surface area contributed by atoms with Gasteiger partial charge >= 0.3 is 5.69 Å². The highest BCUT2D eigenvalue weighted by Crippen LogP contribution is 2.27. The molecule has 0 aliphatic carbocycles. The molecule has 0 saturated heterocycles. The summed E-state index contributed by atoms with van der Waals surface area (Å²) in [5.41, 5.74) is -1.09. The van der Waals surface area contributed by atoms with E-state index in [4.69, 9.17) is 11.6 Å². The maximum atomic E-state index is 14.0. The van der Waals surface area contributed by atoms with E-state index in [0.717, 1.165) is 0 Å². The van der Waals surface area contributed by atoms with Gasteiger partial charge in [-0.1, -0.05) is 17.7 Å². The molecule has 124 valence electrons. The molecule has 8 heteroatoms. The van der Waals surface area contributed by atoms with Gasteiger partial charge in [-0.05, 0) is 32.4 Å². The molecule has 1 heterocycles. The zero-order valence-corrected chi connectivity index (χ0v) is 13.6. The molecule has 6 nitrogen and oxygen atoms in total. The highest BCUT2D eigenvalue weighted by molar-refractivity contribution is 6.30. The Kier molecular flexibility index (Phi) is 5.20. The third-order valence-corrected chi connectivity index (χ3v) is 3.83. The molecule has 3 N–H and O–H groups in total. The molecule has 0 radical (unpaired) electrons. The fraction of sp³-hybridized carbons (Fsp3) is 0.400. The first-order valence-electron chi connectivity index (χ1n) is 7.18. The number of carbonyl (C=O) groups excluding carboxylic acids is 1. The van der Waals surface area contributed by atoms with Crippen molar-refractivity contribution in [1.82, 2.24) is 20.5 Å². The lowest BCUT2D eigenvalue weighted by molar-refractivity contribution is -0.125. The number of aromatic nitrogens is 3. The van der Waals surface area contributed by atoms with Gasteiger partial charge in [0.1, 0.15) is 11.6 Å². The van der Waals surface area contributed by atoms with Crippen molar-refractivity contribution in [3.63, 3.8) is 0 Å². The van der Waals surface area contributed by atoms with Crippen LogP contribution in [0.5, 0.6) is 0 Å². The van der Waals surface area contributed by atoms with E-state index in [2.05, 4.69) is 20.5 Å². The number of hydrogen-bond donors (Lipinski definition) is 3. The number of amides is 1. The van der Waals surface area contributed by atoms with E-state index < -0.39 is 11.2 Å². The van der Waals surface area contributed by atoms with Crippen LogP contribution in [0.3, 0.4) is 0 Å². The first kappa shape index (κ1) is 17.2. The summed E-state index contributed by atoms with van der Waals surface area (Å²) < 4.78 is 14.0. The lowest BCUT2D eigenvalue weighted by Gasteiger charge is -2.24. The highest BCUT2D eigenvalue weighted by atomic mass is 35.5. The van der Waals surface area contributed by atoms with Gasteiger partial charge in [0.05, 0.1) is 5.41 Å². The average Bonchev–Trinajstić information content (AvgIpc) is 2.88. The summed E-state index contributed by atoms with van der Waals surface area (Å²) in [5.74, 6) is -0.256. The number of carbonyl (C=O) groups is 1. The summed E-state index contributed by atoms with van der Waals surface area (Å²) in [6, 6.07) is 4.27. The van der Waals surface area contributed by atoms with Crippen molar-refractivity contribution >= 4 is 17.5 Å². The number of halogens is 2. The Hall–Kier alpha value is -2.15. The minimum atomic E-state index is -1.02. The number of aromatic amines is 2. The van der Waals surface area contributed by atoms with Crippen molar-refractivity contribution in [2.45, 2.75) is 32.1 Å². The van der Waals surface area contributed by atoms with Crippen LogP contribution in [-0.2, 0) is 16.6 Å². The molecule has 2 rings (SSSR count). The fourth-order valence-electron chi connectivity index (χ4n) is 2.22. The second kappa shape index (κ2) is 6.95. The highest BCUT2D eigenvalue weighted by Gasteiger charge is 2.32. The summed E-state index contributed by atoms with van der Waals surface area (Å²) >= 11 is 5.73. The number of aryl methyl sites for hydroxylation is 1. The largest absolute Gasteiger partial charge is 0.355 e. The van der Waals surface area contributed by atoms with Gasteiger partial charge in [-0.2, -0.15) is 5.10 Å². The molecule has 0 bridgehead atoms. The molecule has 23 heavy (non-hydrogen) atoms. The molecule has 0 saturated carbocycles. The van der Waals surface area contributed by atoms with Gasteiger partial charge in [-0.3, -0.25) is 9.78 Å². The predicted molar refractivity (Wildman–Crippen MR) is 85.0 cm³/mol. The van der Waals surface area contributed by atoms with E-state index in [0.29, 0.717) is 25.2 Å². The Morgan fingerprint density at radius 3 is 2.78 bits per heavy atom. The van der Waals surface area contributed by atoms with Crippen molar-refractivity contribution in [2.75, 3.05) is 6.54 Å². The Bertz CT molecular complexity index is 754. The van der Waals surface area contributed by atoms with Gasteiger partial charge < -0.3 is 5.32 Å². The fourth-order valence-corrected chi connectivity index (χ4v) is 2.38. The van der Waals surface area contributed by atoms with E-state index in [9.17, 15) is 14.0 Å². The molecule has 1 amide bonds. The smallest absolute Gasteiger partial charge is 0.340 e. The summed E-state index contributed by atoms with van der Waals surface area (Å²) in [6.45, 7) is 3.70. The molecule has 0 fully saturated rings. The maximum absolute atomic E-state index is 14.0. The van der Waals surface area contributed by atoms with Crippen LogP contribution in [0, 0.1) is 5.82 Å². The van der Waals surface area contributed by atoms with Gasteiger partial charge in [0.25, 0.3) is 0 Å². The third-order valence-electron chi connectivity index (χ3n) is 3.60. The Balaban J connectivity index is 1.92. The van der Waals surface area contributed by atoms with E-state index in [1.807, 2.05) is 0 Å². The molecule has 2 aromatic rings. The van der Waals surface area contributed by atoms with Gasteiger partial charge in [0, 0.05) is 23.6 Å². The van der Waals surface area contributed by atoms with Crippen LogP contribution in [0.25, 0.3) is 0 Å². The summed E-state index contributed by atoms with van der Waals surface area (Å²) in [4.78, 5) is 25.8. The van der Waals surface area contributed by atoms with Gasteiger partial charge in [-0.25, -0.2) is 14.3 Å². The standard InChI is InChI=1S/C15H18ClFN4O2/c1-15(2,10-6-5-9(16)8-11(10)17)13(22)18-7-3-4-12-19-14(23)21-20-12/h5-6,8H,3-4,7H2,1-2H3,(H,18,22)(H2,19,20,21,23). The summed E-state index contributed by atoms with van der Waals surface area (Å²) in [5, 5.41) is 9.11. The molecular formula is C15H18ClFN4O2. The van der Waals surface area contributed by atoms with Crippen LogP contribution in [-0.4, -0.2) is 27.6 Å². The molecule has 1 aromatic carbocycles. The van der Waals surface area contributed by atoms with Crippen LogP contribution in [0.2, 0.25) is 5.02 Å². The molecular weight excluding hydrogens is 323 g/mol. The Morgan fingerprint density at radius 1 is 1.43 bits per heavy atom.